The molecule has 0 rings (SSSR count). The molecule has 2 N–H and O–H groups in total. The molecule has 0 aliphatic carbocycles. The second-order valence-electron chi connectivity index (χ2n) is 14.1. The van der Waals surface area contributed by atoms with Crippen molar-refractivity contribution in [1.82, 2.24) is 0 Å². The van der Waals surface area contributed by atoms with E-state index in [1.807, 2.05) is 12.2 Å². The lowest BCUT2D eigenvalue weighted by atomic mass is 9.99. The van der Waals surface area contributed by atoms with Gasteiger partial charge in [0.1, 0.15) is 6.61 Å². The van der Waals surface area contributed by atoms with Crippen LogP contribution in [0.2, 0.25) is 0 Å². The molecular formula is C44H78O6. The Hall–Kier alpha value is -2.18. The molecule has 6 heteroatoms. The molecule has 0 saturated heterocycles. The van der Waals surface area contributed by atoms with Crippen LogP contribution in [0.3, 0.4) is 0 Å². The predicted molar refractivity (Wildman–Crippen MR) is 211 cm³/mol. The van der Waals surface area contributed by atoms with Gasteiger partial charge in [0, 0.05) is 12.8 Å². The van der Waals surface area contributed by atoms with E-state index in [2.05, 4.69) is 57.2 Å². The summed E-state index contributed by atoms with van der Waals surface area (Å²) in [5, 5.41) is 19.3. The molecule has 3 atom stereocenters. The second kappa shape index (κ2) is 38.1. The predicted octanol–water partition coefficient (Wildman–Crippen LogP) is 11.8. The summed E-state index contributed by atoms with van der Waals surface area (Å²) in [5.41, 5.74) is 0. The molecule has 0 bridgehead atoms. The number of allylic oxidation sites excluding steroid dienone is 7. The number of unbranched alkanes of at least 4 members (excludes halogenated alkanes) is 15. The van der Waals surface area contributed by atoms with Crippen molar-refractivity contribution in [1.29, 1.82) is 0 Å². The highest BCUT2D eigenvalue weighted by atomic mass is 16.6. The van der Waals surface area contributed by atoms with E-state index < -0.39 is 6.10 Å². The molecule has 0 fully saturated rings. The van der Waals surface area contributed by atoms with Crippen molar-refractivity contribution in [3.63, 3.8) is 0 Å². The molecule has 6 nitrogen and oxygen atoms in total. The van der Waals surface area contributed by atoms with E-state index in [1.54, 1.807) is 0 Å². The molecule has 1 unspecified atom stereocenters. The highest BCUT2D eigenvalue weighted by Gasteiger charge is 2.16. The molecule has 0 aromatic carbocycles. The quantitative estimate of drug-likeness (QED) is 0.0383. The minimum atomic E-state index is -0.811. The van der Waals surface area contributed by atoms with E-state index in [0.717, 1.165) is 70.1 Å². The standard InChI is InChI=1S/C44H78O6/c1-4-6-34-41(46)35-30-26-22-18-14-11-12-16-20-24-28-32-37-44(48)50-42(38-45)39-49-43(47)36-31-27-23-19-15-10-8-7-9-13-17-21-25-29-33-40(3)5-2/h11-12,18,20,22,24,30,35,40-42,45-46H,4-10,13-17,19,21,23,25-29,31-34,36-39H2,1-3H3/b12-11-,22-18-,24-20-,35-30-/t40?,41-,42+/m1/s1. The molecule has 50 heavy (non-hydrogen) atoms. The normalized spacial score (nSPS) is 13.9. The largest absolute Gasteiger partial charge is 0.462 e. The summed E-state index contributed by atoms with van der Waals surface area (Å²) in [5.74, 6) is 0.219. The van der Waals surface area contributed by atoms with Crippen molar-refractivity contribution in [2.45, 2.75) is 200 Å². The minimum absolute atomic E-state index is 0.0976. The second-order valence-corrected chi connectivity index (χ2v) is 14.1. The van der Waals surface area contributed by atoms with Crippen molar-refractivity contribution in [3.05, 3.63) is 48.6 Å². The third-order valence-electron chi connectivity index (χ3n) is 9.24. The maximum Gasteiger partial charge on any atom is 0.306 e. The van der Waals surface area contributed by atoms with Crippen LogP contribution in [0.4, 0.5) is 0 Å². The first-order chi connectivity index (χ1) is 24.4. The maximum absolute atomic E-state index is 12.2. The van der Waals surface area contributed by atoms with Crippen LogP contribution in [0, 0.1) is 5.92 Å². The van der Waals surface area contributed by atoms with Gasteiger partial charge in [0.15, 0.2) is 6.10 Å². The van der Waals surface area contributed by atoms with Crippen LogP contribution in [-0.4, -0.2) is 47.6 Å². The van der Waals surface area contributed by atoms with Gasteiger partial charge in [-0.15, -0.1) is 0 Å². The van der Waals surface area contributed by atoms with Crippen LogP contribution in [0.25, 0.3) is 0 Å². The zero-order chi connectivity index (χ0) is 36.8. The fourth-order valence-corrected chi connectivity index (χ4v) is 5.66. The Morgan fingerprint density at radius 1 is 0.600 bits per heavy atom. The lowest BCUT2D eigenvalue weighted by molar-refractivity contribution is -0.161. The zero-order valence-corrected chi connectivity index (χ0v) is 32.7. The van der Waals surface area contributed by atoms with Crippen LogP contribution in [0.1, 0.15) is 188 Å². The van der Waals surface area contributed by atoms with Gasteiger partial charge in [0.2, 0.25) is 0 Å². The summed E-state index contributed by atoms with van der Waals surface area (Å²) in [6, 6.07) is 0. The molecule has 0 radical (unpaired) electrons. The van der Waals surface area contributed by atoms with Gasteiger partial charge in [-0.3, -0.25) is 9.59 Å². The number of hydrogen-bond donors (Lipinski definition) is 2. The average molecular weight is 703 g/mol. The van der Waals surface area contributed by atoms with Crippen LogP contribution >= 0.6 is 0 Å². The van der Waals surface area contributed by atoms with E-state index in [0.29, 0.717) is 12.8 Å². The van der Waals surface area contributed by atoms with Crippen LogP contribution in [0.5, 0.6) is 0 Å². The molecule has 0 aromatic heterocycles. The SMILES string of the molecule is CCCC[C@@H](O)/C=C\C/C=C\C/C=C\C/C=C\CCCC(=O)O[C@@H](CO)COC(=O)CCCCCCCCCCCCCCCCC(C)CC. The number of aliphatic hydroxyl groups is 2. The van der Waals surface area contributed by atoms with E-state index in [-0.39, 0.29) is 37.7 Å². The minimum Gasteiger partial charge on any atom is -0.462 e. The van der Waals surface area contributed by atoms with Crippen molar-refractivity contribution in [2.24, 2.45) is 5.92 Å². The Labute approximate surface area is 308 Å². The van der Waals surface area contributed by atoms with Gasteiger partial charge in [-0.05, 0) is 50.9 Å². The first-order valence-electron chi connectivity index (χ1n) is 20.7. The summed E-state index contributed by atoms with van der Waals surface area (Å²) < 4.78 is 10.6. The fourth-order valence-electron chi connectivity index (χ4n) is 5.66. The molecule has 0 saturated carbocycles. The van der Waals surface area contributed by atoms with Gasteiger partial charge in [0.05, 0.1) is 12.7 Å². The van der Waals surface area contributed by atoms with Crippen molar-refractivity contribution in [2.75, 3.05) is 13.2 Å². The Morgan fingerprint density at radius 2 is 1.10 bits per heavy atom. The summed E-state index contributed by atoms with van der Waals surface area (Å²) >= 11 is 0. The topological polar surface area (TPSA) is 93.1 Å². The smallest absolute Gasteiger partial charge is 0.306 e. The number of hydrogen-bond acceptors (Lipinski definition) is 6. The van der Waals surface area contributed by atoms with Gasteiger partial charge in [0.25, 0.3) is 0 Å². The monoisotopic (exact) mass is 703 g/mol. The van der Waals surface area contributed by atoms with E-state index in [1.165, 1.54) is 83.5 Å². The fraction of sp³-hybridized carbons (Fsp3) is 0.773. The van der Waals surface area contributed by atoms with E-state index in [9.17, 15) is 19.8 Å². The third-order valence-corrected chi connectivity index (χ3v) is 9.24. The Kier molecular flexibility index (Phi) is 36.4. The molecule has 0 amide bonds. The van der Waals surface area contributed by atoms with E-state index >= 15 is 0 Å². The van der Waals surface area contributed by atoms with Gasteiger partial charge >= 0.3 is 11.9 Å². The molecule has 0 aliphatic heterocycles. The van der Waals surface area contributed by atoms with Crippen LogP contribution < -0.4 is 0 Å². The van der Waals surface area contributed by atoms with Crippen LogP contribution in [-0.2, 0) is 19.1 Å². The highest BCUT2D eigenvalue weighted by Crippen LogP contribution is 2.16. The van der Waals surface area contributed by atoms with Gasteiger partial charge in [-0.2, -0.15) is 0 Å². The molecular weight excluding hydrogens is 624 g/mol. The number of aliphatic hydroxyl groups excluding tert-OH is 2. The summed E-state index contributed by atoms with van der Waals surface area (Å²) in [7, 11) is 0. The van der Waals surface area contributed by atoms with Gasteiger partial charge in [-0.25, -0.2) is 0 Å². The summed E-state index contributed by atoms with van der Waals surface area (Å²) in [6.45, 7) is 6.32. The molecule has 0 aromatic rings. The first kappa shape index (κ1) is 47.8. The molecule has 0 aliphatic rings. The Bertz CT molecular complexity index is 876. The number of carbonyl (C=O) groups excluding carboxylic acids is 2. The zero-order valence-electron chi connectivity index (χ0n) is 32.7. The molecule has 0 heterocycles. The van der Waals surface area contributed by atoms with Crippen molar-refractivity contribution in [3.8, 4) is 0 Å². The molecule has 0 spiro atoms. The summed E-state index contributed by atoms with van der Waals surface area (Å²) in [6.07, 6.45) is 43.6. The first-order valence-corrected chi connectivity index (χ1v) is 20.7. The molecule has 290 valence electrons. The van der Waals surface area contributed by atoms with E-state index in [4.69, 9.17) is 9.47 Å². The maximum atomic E-state index is 12.2. The van der Waals surface area contributed by atoms with Crippen molar-refractivity contribution >= 4 is 11.9 Å². The lowest BCUT2D eigenvalue weighted by Gasteiger charge is -2.15. The number of rotatable bonds is 36. The Balaban J connectivity index is 3.66. The van der Waals surface area contributed by atoms with Crippen LogP contribution in [0.15, 0.2) is 48.6 Å². The van der Waals surface area contributed by atoms with Crippen molar-refractivity contribution < 1.29 is 29.3 Å². The number of esters is 2. The Morgan fingerprint density at radius 3 is 1.64 bits per heavy atom. The highest BCUT2D eigenvalue weighted by molar-refractivity contribution is 5.70. The van der Waals surface area contributed by atoms with Gasteiger partial charge < -0.3 is 19.7 Å². The third kappa shape index (κ3) is 35.6. The number of ether oxygens (including phenoxy) is 2. The number of carbonyl (C=O) groups is 2. The van der Waals surface area contributed by atoms with Gasteiger partial charge in [-0.1, -0.05) is 179 Å². The average Bonchev–Trinajstić information content (AvgIpc) is 3.12. The summed E-state index contributed by atoms with van der Waals surface area (Å²) in [4.78, 5) is 24.3. The lowest BCUT2D eigenvalue weighted by Crippen LogP contribution is -2.28.